The highest BCUT2D eigenvalue weighted by Gasteiger charge is 2.17. The Kier molecular flexibility index (Phi) is 2.97. The van der Waals surface area contributed by atoms with E-state index in [-0.39, 0.29) is 11.8 Å². The predicted molar refractivity (Wildman–Crippen MR) is 84.7 cm³/mol. The van der Waals surface area contributed by atoms with E-state index in [0.717, 1.165) is 5.52 Å². The highest BCUT2D eigenvalue weighted by atomic mass is 19.1. The minimum absolute atomic E-state index is 0.0467. The van der Waals surface area contributed by atoms with Crippen LogP contribution in [0.1, 0.15) is 0 Å². The van der Waals surface area contributed by atoms with Crippen molar-refractivity contribution in [2.75, 3.05) is 5.73 Å². The van der Waals surface area contributed by atoms with Crippen LogP contribution in [0.2, 0.25) is 0 Å². The van der Waals surface area contributed by atoms with E-state index in [4.69, 9.17) is 5.73 Å². The quantitative estimate of drug-likeness (QED) is 0.594. The van der Waals surface area contributed by atoms with Crippen LogP contribution in [0.15, 0.2) is 48.8 Å². The number of H-pyrrole nitrogens is 1. The van der Waals surface area contributed by atoms with Gasteiger partial charge in [0.15, 0.2) is 0 Å². The summed E-state index contributed by atoms with van der Waals surface area (Å²) in [6.07, 6.45) is 3.41. The van der Waals surface area contributed by atoms with Gasteiger partial charge in [-0.25, -0.2) is 9.37 Å². The average molecular weight is 306 g/mol. The molecule has 0 atom stereocenters. The minimum atomic E-state index is -0.326. The molecule has 0 radical (unpaired) electrons. The maximum Gasteiger partial charge on any atom is 0.240 e. The van der Waals surface area contributed by atoms with Crippen molar-refractivity contribution in [1.29, 1.82) is 0 Å². The summed E-state index contributed by atoms with van der Waals surface area (Å²) in [7, 11) is 0. The molecule has 0 amide bonds. The van der Waals surface area contributed by atoms with E-state index in [1.54, 1.807) is 24.5 Å². The number of hydrogen-bond donors (Lipinski definition) is 2. The van der Waals surface area contributed by atoms with Crippen LogP contribution in [-0.2, 0) is 0 Å². The first-order valence-electron chi connectivity index (χ1n) is 6.91. The topological polar surface area (TPSA) is 93.4 Å². The lowest BCUT2D eigenvalue weighted by Crippen LogP contribution is -2.02. The summed E-state index contributed by atoms with van der Waals surface area (Å²) in [5, 5.41) is 8.64. The number of aromatic amines is 1. The summed E-state index contributed by atoms with van der Waals surface area (Å²) in [5.41, 5.74) is 8.81. The SMILES string of the molecule is Nc1nnc(-c2ccccn2)c(-c2c[nH]c3ccc(F)cc23)n1. The van der Waals surface area contributed by atoms with Crippen molar-refractivity contribution < 1.29 is 4.39 Å². The molecule has 0 bridgehead atoms. The van der Waals surface area contributed by atoms with Crippen LogP contribution in [0.4, 0.5) is 10.3 Å². The summed E-state index contributed by atoms with van der Waals surface area (Å²) in [6, 6.07) is 9.98. The Morgan fingerprint density at radius 2 is 1.96 bits per heavy atom. The number of nitrogens with two attached hydrogens (primary N) is 1. The zero-order valence-corrected chi connectivity index (χ0v) is 11.9. The van der Waals surface area contributed by atoms with Crippen LogP contribution in [0.5, 0.6) is 0 Å². The van der Waals surface area contributed by atoms with Crippen molar-refractivity contribution in [3.8, 4) is 22.6 Å². The van der Waals surface area contributed by atoms with Gasteiger partial charge in [0.25, 0.3) is 0 Å². The van der Waals surface area contributed by atoms with Crippen LogP contribution in [-0.4, -0.2) is 25.1 Å². The summed E-state index contributed by atoms with van der Waals surface area (Å²) < 4.78 is 13.6. The van der Waals surface area contributed by atoms with Crippen molar-refractivity contribution in [1.82, 2.24) is 25.1 Å². The van der Waals surface area contributed by atoms with E-state index in [2.05, 4.69) is 25.1 Å². The second-order valence-electron chi connectivity index (χ2n) is 4.97. The van der Waals surface area contributed by atoms with E-state index >= 15 is 0 Å². The van der Waals surface area contributed by atoms with Gasteiger partial charge in [-0.2, -0.15) is 0 Å². The molecule has 4 rings (SSSR count). The number of hydrogen-bond acceptors (Lipinski definition) is 5. The van der Waals surface area contributed by atoms with Crippen molar-refractivity contribution >= 4 is 16.9 Å². The van der Waals surface area contributed by atoms with E-state index in [9.17, 15) is 4.39 Å². The molecule has 0 unspecified atom stereocenters. The molecule has 3 N–H and O–H groups in total. The lowest BCUT2D eigenvalue weighted by atomic mass is 10.1. The number of fused-ring (bicyclic) bond motifs is 1. The van der Waals surface area contributed by atoms with Crippen molar-refractivity contribution in [2.24, 2.45) is 0 Å². The molecule has 112 valence electrons. The number of rotatable bonds is 2. The average Bonchev–Trinajstić information content (AvgIpc) is 2.98. The van der Waals surface area contributed by atoms with Gasteiger partial charge >= 0.3 is 0 Å². The molecule has 3 heterocycles. The second-order valence-corrected chi connectivity index (χ2v) is 4.97. The lowest BCUT2D eigenvalue weighted by Gasteiger charge is -2.06. The first kappa shape index (κ1) is 13.3. The molecule has 0 saturated heterocycles. The predicted octanol–water partition coefficient (Wildman–Crippen LogP) is 2.80. The molecular weight excluding hydrogens is 295 g/mol. The van der Waals surface area contributed by atoms with Crippen LogP contribution >= 0.6 is 0 Å². The fourth-order valence-electron chi connectivity index (χ4n) is 2.49. The number of nitrogen functional groups attached to an aromatic ring is 1. The van der Waals surface area contributed by atoms with Crippen molar-refractivity contribution in [3.05, 3.63) is 54.6 Å². The Balaban J connectivity index is 2.01. The number of nitrogens with one attached hydrogen (secondary N) is 1. The molecule has 7 heteroatoms. The normalized spacial score (nSPS) is 11.0. The second kappa shape index (κ2) is 5.13. The van der Waals surface area contributed by atoms with Crippen molar-refractivity contribution in [3.63, 3.8) is 0 Å². The van der Waals surface area contributed by atoms with E-state index < -0.39 is 0 Å². The van der Waals surface area contributed by atoms with Crippen molar-refractivity contribution in [2.45, 2.75) is 0 Å². The third-order valence-electron chi connectivity index (χ3n) is 3.51. The first-order chi connectivity index (χ1) is 11.2. The Hall–Kier alpha value is -3.35. The molecular formula is C16H11FN6. The van der Waals surface area contributed by atoms with Crippen LogP contribution in [0.3, 0.4) is 0 Å². The molecule has 1 aromatic carbocycles. The van der Waals surface area contributed by atoms with Gasteiger partial charge in [0.2, 0.25) is 5.95 Å². The Morgan fingerprint density at radius 1 is 1.04 bits per heavy atom. The smallest absolute Gasteiger partial charge is 0.240 e. The molecule has 0 aliphatic rings. The number of halogens is 1. The third-order valence-corrected chi connectivity index (χ3v) is 3.51. The maximum absolute atomic E-state index is 13.6. The monoisotopic (exact) mass is 306 g/mol. The third kappa shape index (κ3) is 2.28. The van der Waals surface area contributed by atoms with E-state index in [0.29, 0.717) is 28.0 Å². The summed E-state index contributed by atoms with van der Waals surface area (Å²) in [5.74, 6) is -0.279. The zero-order chi connectivity index (χ0) is 15.8. The summed E-state index contributed by atoms with van der Waals surface area (Å²) >= 11 is 0. The largest absolute Gasteiger partial charge is 0.366 e. The Labute approximate surface area is 130 Å². The van der Waals surface area contributed by atoms with E-state index in [1.165, 1.54) is 12.1 Å². The highest BCUT2D eigenvalue weighted by molar-refractivity contribution is 5.97. The van der Waals surface area contributed by atoms with Gasteiger partial charge < -0.3 is 10.7 Å². The number of nitrogens with zero attached hydrogens (tertiary/aromatic N) is 4. The standard InChI is InChI=1S/C16H11FN6/c17-9-4-5-12-10(7-9)11(8-20-12)14-15(22-23-16(18)21-14)13-3-1-2-6-19-13/h1-8,20H,(H2,18,21,23). The molecule has 0 aliphatic heterocycles. The maximum atomic E-state index is 13.6. The molecule has 0 aliphatic carbocycles. The van der Waals surface area contributed by atoms with Gasteiger partial charge in [0.05, 0.1) is 5.69 Å². The molecule has 6 nitrogen and oxygen atoms in total. The van der Waals surface area contributed by atoms with Gasteiger partial charge in [0.1, 0.15) is 17.2 Å². The van der Waals surface area contributed by atoms with Crippen LogP contribution in [0, 0.1) is 5.82 Å². The fraction of sp³-hybridized carbons (Fsp3) is 0. The van der Waals surface area contributed by atoms with E-state index in [1.807, 2.05) is 12.1 Å². The molecule has 0 saturated carbocycles. The number of pyridine rings is 1. The molecule has 0 spiro atoms. The highest BCUT2D eigenvalue weighted by Crippen LogP contribution is 2.33. The molecule has 3 aromatic heterocycles. The number of benzene rings is 1. The van der Waals surface area contributed by atoms with Crippen LogP contribution < -0.4 is 5.73 Å². The lowest BCUT2D eigenvalue weighted by molar-refractivity contribution is 0.630. The zero-order valence-electron chi connectivity index (χ0n) is 11.9. The Morgan fingerprint density at radius 3 is 2.78 bits per heavy atom. The number of aromatic nitrogens is 5. The first-order valence-corrected chi connectivity index (χ1v) is 6.91. The van der Waals surface area contributed by atoms with Crippen LogP contribution in [0.25, 0.3) is 33.5 Å². The summed E-state index contributed by atoms with van der Waals surface area (Å²) in [4.78, 5) is 11.7. The Bertz CT molecular complexity index is 996. The minimum Gasteiger partial charge on any atom is -0.366 e. The van der Waals surface area contributed by atoms with Gasteiger partial charge in [0, 0.05) is 28.9 Å². The number of anilines is 1. The molecule has 4 aromatic rings. The molecule has 23 heavy (non-hydrogen) atoms. The summed E-state index contributed by atoms with van der Waals surface area (Å²) in [6.45, 7) is 0. The molecule has 0 fully saturated rings. The fourth-order valence-corrected chi connectivity index (χ4v) is 2.49. The van der Waals surface area contributed by atoms with Gasteiger partial charge in [-0.1, -0.05) is 6.07 Å². The van der Waals surface area contributed by atoms with Gasteiger partial charge in [-0.15, -0.1) is 10.2 Å². The van der Waals surface area contributed by atoms with Gasteiger partial charge in [-0.05, 0) is 30.3 Å². The van der Waals surface area contributed by atoms with Gasteiger partial charge in [-0.3, -0.25) is 4.98 Å².